The fraction of sp³-hybridized carbons (Fsp3) is 0.252. The maximum Gasteiger partial charge on any atom is 0.227 e. The third-order valence-electron chi connectivity index (χ3n) is 25.5. The van der Waals surface area contributed by atoms with Crippen molar-refractivity contribution in [3.05, 3.63) is 284 Å². The number of nitrogens with zero attached hydrogens (tertiary/aromatic N) is 16. The molecule has 0 saturated carbocycles. The minimum absolute atomic E-state index is 0.00149. The van der Waals surface area contributed by atoms with Gasteiger partial charge >= 0.3 is 0 Å². The number of rotatable bonds is 7. The highest BCUT2D eigenvalue weighted by molar-refractivity contribution is 6.15. The fourth-order valence-electron chi connectivity index (χ4n) is 19.8. The van der Waals surface area contributed by atoms with Crippen LogP contribution in [-0.4, -0.2) is 97.2 Å². The van der Waals surface area contributed by atoms with Gasteiger partial charge in [-0.05, 0) is 255 Å². The summed E-state index contributed by atoms with van der Waals surface area (Å²) in [7, 11) is 0. The zero-order valence-corrected chi connectivity index (χ0v) is 74.8. The van der Waals surface area contributed by atoms with Crippen molar-refractivity contribution in [2.45, 2.75) is 166 Å². The van der Waals surface area contributed by atoms with E-state index in [0.29, 0.717) is 51.3 Å². The van der Waals surface area contributed by atoms with Crippen molar-refractivity contribution >= 4 is 184 Å². The van der Waals surface area contributed by atoms with E-state index in [-0.39, 0.29) is 24.0 Å². The summed E-state index contributed by atoms with van der Waals surface area (Å²) in [5.41, 5.74) is 24.3. The summed E-state index contributed by atoms with van der Waals surface area (Å²) < 4.78 is 96.1. The number of para-hydroxylation sites is 6. The van der Waals surface area contributed by atoms with Gasteiger partial charge in [0.1, 0.15) is 30.8 Å². The summed E-state index contributed by atoms with van der Waals surface area (Å²) in [5, 5.41) is 10.2. The molecule has 11 aromatic heterocycles. The van der Waals surface area contributed by atoms with Crippen molar-refractivity contribution in [1.29, 1.82) is 0 Å². The van der Waals surface area contributed by atoms with Crippen LogP contribution in [0.5, 0.6) is 0 Å². The number of aromatic nitrogens is 6. The predicted molar refractivity (Wildman–Crippen MR) is 526 cm³/mol. The standard InChI is InChI=1S/C24H25N3O.C23H23N3O.C21H19N3O.C20H18N4O.C19H21N3O/c1-15-12-13-17-18-9-8-14-25-23(18)28-22(17)21(15)26-16(2)27(24(3,4)5)20-11-7-6-10-19(20)26;1-14(2)25-16(4)26(20-10-6-5-9-19(20)25)21-15(3)11-12-17-18-8-7-13-24-23(18)27-22(17)21;1-13-10-11-15-16-7-6-12-22-21(16)25-20(15)19(13)24-14(2)23(3)17-8-4-5-9-18(17)24;1-12-8-9-14-15-6-4-11-22-20(15)25-18(14)17(12)24-13(2)23(3)16-7-5-10-21-19(16)24;1-12(2)21-10-11-22(14(21)4)17-13(3)7-8-15-16-6-5-9-20-19(16)23-18(15)17/h6-14,16H,1-5H3;5-14,16H,1-4H3;4-12,14H,1-3H3;4-11,13H,1-3H3;5-12,14H,1-4H3/i;14D;2*3D3;12D. The van der Waals surface area contributed by atoms with E-state index in [1.54, 1.807) is 49.3 Å². The lowest BCUT2D eigenvalue weighted by molar-refractivity contribution is 0.263. The van der Waals surface area contributed by atoms with E-state index in [2.05, 4.69) is 207 Å². The number of anilines is 13. The molecule has 5 aliphatic rings. The summed E-state index contributed by atoms with van der Waals surface area (Å²) in [6.45, 7) is 30.6. The largest absolute Gasteiger partial charge is 0.435 e. The minimum Gasteiger partial charge on any atom is -0.435 e. The number of pyridine rings is 6. The molecule has 21 nitrogen and oxygen atoms in total. The second-order valence-corrected chi connectivity index (χ2v) is 34.9. The van der Waals surface area contributed by atoms with Crippen LogP contribution in [0.1, 0.15) is 122 Å². The molecule has 128 heavy (non-hydrogen) atoms. The van der Waals surface area contributed by atoms with Crippen molar-refractivity contribution in [1.82, 2.24) is 34.8 Å². The molecule has 19 aromatic rings. The second-order valence-electron chi connectivity index (χ2n) is 34.9. The molecule has 8 aromatic carbocycles. The van der Waals surface area contributed by atoms with E-state index in [1.807, 2.05) is 187 Å². The van der Waals surface area contributed by atoms with Gasteiger partial charge in [0.15, 0.2) is 33.7 Å². The first-order chi connectivity index (χ1) is 64.9. The highest BCUT2D eigenvalue weighted by atomic mass is 16.4. The van der Waals surface area contributed by atoms with Crippen molar-refractivity contribution in [3.8, 4) is 0 Å². The molecule has 5 aliphatic heterocycles. The Labute approximate surface area is 756 Å². The summed E-state index contributed by atoms with van der Waals surface area (Å²) in [6, 6.07) is 67.3. The Bertz CT molecular complexity index is 7170. The topological polar surface area (TPSA) is 175 Å². The summed E-state index contributed by atoms with van der Waals surface area (Å²) >= 11 is 0. The van der Waals surface area contributed by atoms with E-state index in [1.165, 1.54) is 26.7 Å². The lowest BCUT2D eigenvalue weighted by Crippen LogP contribution is -2.49. The molecule has 5 atom stereocenters. The molecule has 0 spiro atoms. The van der Waals surface area contributed by atoms with Gasteiger partial charge in [-0.3, -0.25) is 0 Å². The predicted octanol–water partition coefficient (Wildman–Crippen LogP) is 26.9. The number of furan rings is 5. The van der Waals surface area contributed by atoms with E-state index in [0.717, 1.165) is 144 Å². The summed E-state index contributed by atoms with van der Waals surface area (Å²) in [5.74, 6) is 0.607. The van der Waals surface area contributed by atoms with Crippen LogP contribution >= 0.6 is 0 Å². The Morgan fingerprint density at radius 2 is 0.617 bits per heavy atom. The maximum absolute atomic E-state index is 8.71. The van der Waals surface area contributed by atoms with Gasteiger partial charge in [-0.2, -0.15) is 0 Å². The van der Waals surface area contributed by atoms with Crippen molar-refractivity contribution in [3.63, 3.8) is 0 Å². The van der Waals surface area contributed by atoms with Crippen LogP contribution in [0.15, 0.2) is 278 Å². The summed E-state index contributed by atoms with van der Waals surface area (Å²) in [6.07, 6.45) is 13.7. The monoisotopic (exact) mass is 1700 g/mol. The van der Waals surface area contributed by atoms with Crippen LogP contribution in [0.4, 0.5) is 74.1 Å². The quantitative estimate of drug-likeness (QED) is 0.147. The Morgan fingerprint density at radius 3 is 1.01 bits per heavy atom. The molecule has 24 rings (SSSR count). The molecule has 21 heteroatoms. The first kappa shape index (κ1) is 72.7. The lowest BCUT2D eigenvalue weighted by Gasteiger charge is -2.40. The third-order valence-corrected chi connectivity index (χ3v) is 25.5. The van der Waals surface area contributed by atoms with Crippen LogP contribution in [0.2, 0.25) is 0 Å². The van der Waals surface area contributed by atoms with Crippen molar-refractivity contribution in [2.24, 2.45) is 0 Å². The van der Waals surface area contributed by atoms with E-state index < -0.39 is 38.3 Å². The fourth-order valence-corrected chi connectivity index (χ4v) is 19.8. The van der Waals surface area contributed by atoms with E-state index in [9.17, 15) is 0 Å². The number of benzene rings is 8. The van der Waals surface area contributed by atoms with Crippen LogP contribution in [0.25, 0.3) is 110 Å². The molecule has 0 aliphatic carbocycles. The molecule has 0 fully saturated rings. The minimum atomic E-state index is -2.29. The third kappa shape index (κ3) is 13.2. The number of aryl methyl sites for hydroxylation is 5. The van der Waals surface area contributed by atoms with Gasteiger partial charge in [0, 0.05) is 143 Å². The smallest absolute Gasteiger partial charge is 0.227 e. The molecule has 0 bridgehead atoms. The van der Waals surface area contributed by atoms with Gasteiger partial charge in [-0.15, -0.1) is 0 Å². The van der Waals surface area contributed by atoms with E-state index in [4.69, 9.17) is 33.1 Å². The average molecular weight is 1700 g/mol. The van der Waals surface area contributed by atoms with Gasteiger partial charge < -0.3 is 71.1 Å². The van der Waals surface area contributed by atoms with Crippen LogP contribution < -0.4 is 44.1 Å². The van der Waals surface area contributed by atoms with Gasteiger partial charge in [-0.1, -0.05) is 97.1 Å². The van der Waals surface area contributed by atoms with E-state index >= 15 is 0 Å². The molecule has 644 valence electrons. The zero-order valence-electron chi connectivity index (χ0n) is 82.8. The van der Waals surface area contributed by atoms with Gasteiger partial charge in [0.05, 0.1) is 71.0 Å². The average Bonchev–Trinajstić information content (AvgIpc) is 1.57. The lowest BCUT2D eigenvalue weighted by atomic mass is 10.0. The summed E-state index contributed by atoms with van der Waals surface area (Å²) in [4.78, 5) is 46.9. The van der Waals surface area contributed by atoms with Crippen LogP contribution in [0, 0.1) is 34.6 Å². The molecule has 5 unspecified atom stereocenters. The van der Waals surface area contributed by atoms with Crippen LogP contribution in [0.3, 0.4) is 0 Å². The zero-order chi connectivity index (χ0) is 95.6. The maximum atomic E-state index is 8.71. The normalized spacial score (nSPS) is 18.3. The Hall–Kier alpha value is -14.6. The van der Waals surface area contributed by atoms with Gasteiger partial charge in [0.2, 0.25) is 28.6 Å². The highest BCUT2D eigenvalue weighted by Crippen LogP contribution is 2.55. The Balaban J connectivity index is 0.000000105. The SMILES string of the molecule is Cc1ccc2c(oc3ncccc32)c1N1c2ccccc2N(C(C)(C)C)C1C.[2H]C(C)(C)N1C=CN(c2c(C)ccc3c2oc2ncccc23)C1C.[2H]C(C)(C)N1c2ccccc2N(c2c(C)ccc3c2oc2ncccc23)C1C.[2H]C([2H])([2H])N1c2ccccc2N(c2c(C)ccc3c2oc2ncccc23)C1C.[2H]C([2H])([2H])N1c2cccnc2N(c2c(C)ccc3c2oc2ncccc23)C1C. The molecule has 0 radical (unpaired) electrons. The first-order valence-corrected chi connectivity index (χ1v) is 43.5. The Kier molecular flexibility index (Phi) is 18.1. The number of fused-ring (bicyclic) bond motifs is 19. The number of hydrogen-bond donors (Lipinski definition) is 0. The molecule has 0 saturated heterocycles. The molecule has 0 N–H and O–H groups in total. The molecular formula is C107H106N16O5. The van der Waals surface area contributed by atoms with Gasteiger partial charge in [-0.25, -0.2) is 29.9 Å². The van der Waals surface area contributed by atoms with Crippen molar-refractivity contribution < 1.29 is 33.1 Å². The second kappa shape index (κ2) is 31.8. The molecule has 0 amide bonds. The Morgan fingerprint density at radius 1 is 0.305 bits per heavy atom. The van der Waals surface area contributed by atoms with Crippen molar-refractivity contribution in [2.75, 3.05) is 58.1 Å². The van der Waals surface area contributed by atoms with Crippen LogP contribution in [-0.2, 0) is 0 Å². The highest BCUT2D eigenvalue weighted by Gasteiger charge is 2.43. The first-order valence-electron chi connectivity index (χ1n) is 47.5. The number of hydrogen-bond acceptors (Lipinski definition) is 21. The molecular weight excluding hydrogens is 1590 g/mol. The van der Waals surface area contributed by atoms with Gasteiger partial charge in [0.25, 0.3) is 0 Å². The molecule has 16 heterocycles.